The van der Waals surface area contributed by atoms with Crippen molar-refractivity contribution in [1.29, 1.82) is 0 Å². The molecule has 0 aliphatic rings. The molecule has 1 aromatic rings. The molecule has 1 unspecified atom stereocenters. The number of benzene rings is 1. The van der Waals surface area contributed by atoms with E-state index in [-0.39, 0.29) is 5.91 Å². The van der Waals surface area contributed by atoms with Crippen LogP contribution in [-0.2, 0) is 9.63 Å². The summed E-state index contributed by atoms with van der Waals surface area (Å²) in [5.74, 6) is 0.373. The van der Waals surface area contributed by atoms with Crippen LogP contribution in [-0.4, -0.2) is 18.6 Å². The number of hydrogen-bond acceptors (Lipinski definition) is 3. The third-order valence-electron chi connectivity index (χ3n) is 1.74. The van der Waals surface area contributed by atoms with Gasteiger partial charge < -0.3 is 4.74 Å². The van der Waals surface area contributed by atoms with Gasteiger partial charge in [-0.2, -0.15) is 0 Å². The van der Waals surface area contributed by atoms with E-state index < -0.39 is 6.10 Å². The van der Waals surface area contributed by atoms with Crippen molar-refractivity contribution < 1.29 is 14.4 Å². The fraction of sp³-hybridized carbons (Fsp3) is 0.364. The highest BCUT2D eigenvalue weighted by molar-refractivity contribution is 5.79. The number of hydrogen-bond donors (Lipinski definition) is 1. The number of carbonyl (C=O) groups is 1. The lowest BCUT2D eigenvalue weighted by molar-refractivity contribution is -0.139. The van der Waals surface area contributed by atoms with Crippen LogP contribution in [0.1, 0.15) is 13.8 Å². The first-order chi connectivity index (χ1) is 7.24. The minimum atomic E-state index is -0.570. The molecule has 0 heterocycles. The fourth-order valence-corrected chi connectivity index (χ4v) is 0.983. The minimum Gasteiger partial charge on any atom is -0.481 e. The first-order valence-corrected chi connectivity index (χ1v) is 4.87. The fourth-order valence-electron chi connectivity index (χ4n) is 0.983. The Labute approximate surface area is 89.1 Å². The first-order valence-electron chi connectivity index (χ1n) is 4.87. The Morgan fingerprint density at radius 2 is 2.07 bits per heavy atom. The van der Waals surface area contributed by atoms with Gasteiger partial charge in [0.15, 0.2) is 6.10 Å². The summed E-state index contributed by atoms with van der Waals surface area (Å²) in [4.78, 5) is 16.1. The van der Waals surface area contributed by atoms with Crippen molar-refractivity contribution in [3.8, 4) is 5.75 Å². The summed E-state index contributed by atoms with van der Waals surface area (Å²) in [6.45, 7) is 3.90. The molecule has 0 aliphatic carbocycles. The molecular weight excluding hydrogens is 194 g/mol. The Hall–Kier alpha value is -1.55. The number of rotatable bonds is 5. The summed E-state index contributed by atoms with van der Waals surface area (Å²) < 4.78 is 5.38. The van der Waals surface area contributed by atoms with Crippen molar-refractivity contribution in [2.75, 3.05) is 6.61 Å². The second kappa shape index (κ2) is 6.03. The predicted molar refractivity (Wildman–Crippen MR) is 56.3 cm³/mol. The smallest absolute Gasteiger partial charge is 0.284 e. The van der Waals surface area contributed by atoms with Crippen molar-refractivity contribution in [3.63, 3.8) is 0 Å². The zero-order valence-electron chi connectivity index (χ0n) is 8.90. The van der Waals surface area contributed by atoms with E-state index in [0.717, 1.165) is 0 Å². The van der Waals surface area contributed by atoms with Gasteiger partial charge in [0.1, 0.15) is 5.75 Å². The highest BCUT2D eigenvalue weighted by Crippen LogP contribution is 2.10. The van der Waals surface area contributed by atoms with Gasteiger partial charge in [0.05, 0.1) is 6.61 Å². The van der Waals surface area contributed by atoms with Crippen LogP contribution in [0.15, 0.2) is 30.3 Å². The Morgan fingerprint density at radius 1 is 1.40 bits per heavy atom. The van der Waals surface area contributed by atoms with E-state index in [1.165, 1.54) is 0 Å². The zero-order chi connectivity index (χ0) is 11.1. The highest BCUT2D eigenvalue weighted by Gasteiger charge is 2.13. The normalized spacial score (nSPS) is 11.9. The largest absolute Gasteiger partial charge is 0.481 e. The van der Waals surface area contributed by atoms with Gasteiger partial charge in [0.2, 0.25) is 0 Å². The second-order valence-electron chi connectivity index (χ2n) is 2.97. The maximum Gasteiger partial charge on any atom is 0.284 e. The predicted octanol–water partition coefficient (Wildman–Crippen LogP) is 1.52. The van der Waals surface area contributed by atoms with Gasteiger partial charge in [0.25, 0.3) is 5.91 Å². The number of hydroxylamine groups is 1. The van der Waals surface area contributed by atoms with Crippen molar-refractivity contribution in [1.82, 2.24) is 5.48 Å². The van der Waals surface area contributed by atoms with Gasteiger partial charge in [-0.3, -0.25) is 9.63 Å². The van der Waals surface area contributed by atoms with E-state index in [0.29, 0.717) is 12.4 Å². The van der Waals surface area contributed by atoms with Gasteiger partial charge in [0, 0.05) is 0 Å². The molecular formula is C11H15NO3. The monoisotopic (exact) mass is 209 g/mol. The molecule has 0 fully saturated rings. The molecule has 1 atom stereocenters. The Bertz CT molecular complexity index is 300. The van der Waals surface area contributed by atoms with E-state index in [1.54, 1.807) is 26.0 Å². The van der Waals surface area contributed by atoms with E-state index >= 15 is 0 Å². The van der Waals surface area contributed by atoms with Crippen molar-refractivity contribution in [2.24, 2.45) is 0 Å². The molecule has 1 amide bonds. The van der Waals surface area contributed by atoms with E-state index in [1.807, 2.05) is 18.2 Å². The van der Waals surface area contributed by atoms with Crippen LogP contribution in [0.4, 0.5) is 0 Å². The summed E-state index contributed by atoms with van der Waals surface area (Å²) in [6.07, 6.45) is -0.570. The number of nitrogens with one attached hydrogen (secondary N) is 1. The van der Waals surface area contributed by atoms with Crippen molar-refractivity contribution in [3.05, 3.63) is 30.3 Å². The zero-order valence-corrected chi connectivity index (χ0v) is 8.90. The molecule has 4 heteroatoms. The van der Waals surface area contributed by atoms with Gasteiger partial charge in [-0.25, -0.2) is 5.48 Å². The van der Waals surface area contributed by atoms with Crippen LogP contribution < -0.4 is 10.2 Å². The standard InChI is InChI=1S/C11H15NO3/c1-3-14-12-11(13)9(2)15-10-7-5-4-6-8-10/h4-9H,3H2,1-2H3,(H,12,13). The summed E-state index contributed by atoms with van der Waals surface area (Å²) in [5.41, 5.74) is 2.29. The van der Waals surface area contributed by atoms with E-state index in [9.17, 15) is 4.79 Å². The first kappa shape index (κ1) is 11.5. The molecule has 0 radical (unpaired) electrons. The summed E-state index contributed by atoms with van der Waals surface area (Å²) >= 11 is 0. The minimum absolute atomic E-state index is 0.291. The van der Waals surface area contributed by atoms with Gasteiger partial charge in [-0.15, -0.1) is 0 Å². The molecule has 0 aromatic heterocycles. The molecule has 0 saturated heterocycles. The molecule has 4 nitrogen and oxygen atoms in total. The van der Waals surface area contributed by atoms with Crippen LogP contribution in [0.5, 0.6) is 5.75 Å². The van der Waals surface area contributed by atoms with Crippen LogP contribution in [0.25, 0.3) is 0 Å². The van der Waals surface area contributed by atoms with Crippen molar-refractivity contribution in [2.45, 2.75) is 20.0 Å². The molecule has 1 aromatic carbocycles. The molecule has 15 heavy (non-hydrogen) atoms. The van der Waals surface area contributed by atoms with E-state index in [2.05, 4.69) is 5.48 Å². The molecule has 0 saturated carbocycles. The molecule has 82 valence electrons. The van der Waals surface area contributed by atoms with Crippen LogP contribution >= 0.6 is 0 Å². The molecule has 0 bridgehead atoms. The van der Waals surface area contributed by atoms with Gasteiger partial charge >= 0.3 is 0 Å². The van der Waals surface area contributed by atoms with Crippen LogP contribution in [0, 0.1) is 0 Å². The third-order valence-corrected chi connectivity index (χ3v) is 1.74. The SMILES string of the molecule is CCONC(=O)C(C)Oc1ccccc1. The lowest BCUT2D eigenvalue weighted by Crippen LogP contribution is -2.36. The highest BCUT2D eigenvalue weighted by atomic mass is 16.7. The quantitative estimate of drug-likeness (QED) is 0.748. The van der Waals surface area contributed by atoms with Gasteiger partial charge in [-0.05, 0) is 26.0 Å². The summed E-state index contributed by atoms with van der Waals surface area (Å²) in [7, 11) is 0. The summed E-state index contributed by atoms with van der Waals surface area (Å²) in [6, 6.07) is 9.18. The lowest BCUT2D eigenvalue weighted by Gasteiger charge is -2.13. The van der Waals surface area contributed by atoms with Gasteiger partial charge in [-0.1, -0.05) is 18.2 Å². The Kier molecular flexibility index (Phi) is 4.63. The maximum absolute atomic E-state index is 11.3. The Morgan fingerprint density at radius 3 is 2.67 bits per heavy atom. The molecule has 1 rings (SSSR count). The maximum atomic E-state index is 11.3. The van der Waals surface area contributed by atoms with Crippen LogP contribution in [0.3, 0.4) is 0 Å². The molecule has 0 spiro atoms. The second-order valence-corrected chi connectivity index (χ2v) is 2.97. The number of para-hydroxylation sites is 1. The number of ether oxygens (including phenoxy) is 1. The average Bonchev–Trinajstić information content (AvgIpc) is 2.27. The van der Waals surface area contributed by atoms with Crippen molar-refractivity contribution >= 4 is 5.91 Å². The van der Waals surface area contributed by atoms with Crippen LogP contribution in [0.2, 0.25) is 0 Å². The van der Waals surface area contributed by atoms with E-state index in [4.69, 9.17) is 9.57 Å². The summed E-state index contributed by atoms with van der Waals surface area (Å²) in [5, 5.41) is 0. The number of carbonyl (C=O) groups excluding carboxylic acids is 1. The third kappa shape index (κ3) is 3.99. The average molecular weight is 209 g/mol. The Balaban J connectivity index is 2.41. The lowest BCUT2D eigenvalue weighted by atomic mass is 10.3. The number of amides is 1. The molecule has 0 aliphatic heterocycles. The topological polar surface area (TPSA) is 47.6 Å². The molecule has 1 N–H and O–H groups in total.